The second-order valence-electron chi connectivity index (χ2n) is 6.35. The molecule has 0 aliphatic carbocycles. The van der Waals surface area contributed by atoms with Crippen LogP contribution in [0.3, 0.4) is 0 Å². The molecule has 3 aromatic rings. The summed E-state index contributed by atoms with van der Waals surface area (Å²) in [5.74, 6) is 1.53. The van der Waals surface area contributed by atoms with E-state index in [9.17, 15) is 4.79 Å². The molecule has 0 saturated carbocycles. The summed E-state index contributed by atoms with van der Waals surface area (Å²) in [7, 11) is 3.87. The number of benzene rings is 1. The van der Waals surface area contributed by atoms with Gasteiger partial charge in [-0.05, 0) is 35.9 Å². The molecule has 28 heavy (non-hydrogen) atoms. The van der Waals surface area contributed by atoms with Gasteiger partial charge in [0.2, 0.25) is 5.91 Å². The minimum Gasteiger partial charge on any atom is -0.486 e. The Bertz CT molecular complexity index is 911. The first-order valence-electron chi connectivity index (χ1n) is 8.70. The third-order valence-corrected chi connectivity index (χ3v) is 5.00. The lowest BCUT2D eigenvalue weighted by Crippen LogP contribution is -2.24. The Labute approximate surface area is 173 Å². The van der Waals surface area contributed by atoms with E-state index in [1.807, 2.05) is 48.6 Å². The number of carbonyl (C=O) groups excluding carboxylic acids is 1. The summed E-state index contributed by atoms with van der Waals surface area (Å²) in [6.07, 6.45) is 2.01. The van der Waals surface area contributed by atoms with Gasteiger partial charge in [0.25, 0.3) is 0 Å². The van der Waals surface area contributed by atoms with E-state index >= 15 is 0 Å². The summed E-state index contributed by atoms with van der Waals surface area (Å²) in [4.78, 5) is 22.9. The van der Waals surface area contributed by atoms with Crippen LogP contribution in [0.5, 0.6) is 5.75 Å². The molecule has 0 fully saturated rings. The summed E-state index contributed by atoms with van der Waals surface area (Å²) in [5, 5.41) is 6.27. The lowest BCUT2D eigenvalue weighted by Gasteiger charge is -2.11. The molecule has 1 aromatic carbocycles. The van der Waals surface area contributed by atoms with Crippen molar-refractivity contribution < 1.29 is 9.53 Å². The van der Waals surface area contributed by atoms with Crippen molar-refractivity contribution in [3.8, 4) is 5.75 Å². The van der Waals surface area contributed by atoms with Crippen molar-refractivity contribution in [1.82, 2.24) is 15.3 Å². The number of hydrogen-bond donors (Lipinski definition) is 1. The fraction of sp³-hybridized carbons (Fsp3) is 0.250. The topological polar surface area (TPSA) is 67.4 Å². The van der Waals surface area contributed by atoms with E-state index in [2.05, 4.69) is 15.3 Å². The van der Waals surface area contributed by atoms with Gasteiger partial charge >= 0.3 is 0 Å². The molecule has 0 bridgehead atoms. The number of aromatic nitrogens is 2. The summed E-state index contributed by atoms with van der Waals surface area (Å²) >= 11 is 7.33. The highest BCUT2D eigenvalue weighted by Gasteiger charge is 2.09. The van der Waals surface area contributed by atoms with Gasteiger partial charge in [-0.2, -0.15) is 0 Å². The average Bonchev–Trinajstić information content (AvgIpc) is 3.13. The van der Waals surface area contributed by atoms with Gasteiger partial charge in [0.1, 0.15) is 23.2 Å². The van der Waals surface area contributed by atoms with Gasteiger partial charge in [-0.3, -0.25) is 4.79 Å². The van der Waals surface area contributed by atoms with E-state index < -0.39 is 0 Å². The molecule has 3 rings (SSSR count). The van der Waals surface area contributed by atoms with Crippen molar-refractivity contribution >= 4 is 34.7 Å². The van der Waals surface area contributed by atoms with Crippen molar-refractivity contribution in [3.05, 3.63) is 69.3 Å². The van der Waals surface area contributed by atoms with Crippen molar-refractivity contribution in [3.63, 3.8) is 0 Å². The number of nitrogens with zero attached hydrogens (tertiary/aromatic N) is 3. The number of pyridine rings is 1. The van der Waals surface area contributed by atoms with Crippen LogP contribution < -0.4 is 15.0 Å². The zero-order valence-corrected chi connectivity index (χ0v) is 17.3. The van der Waals surface area contributed by atoms with Gasteiger partial charge in [-0.25, -0.2) is 9.97 Å². The molecule has 8 heteroatoms. The highest BCUT2D eigenvalue weighted by atomic mass is 35.5. The molecule has 2 aromatic heterocycles. The molecular weight excluding hydrogens is 396 g/mol. The molecule has 0 atom stereocenters. The van der Waals surface area contributed by atoms with Crippen LogP contribution >= 0.6 is 22.9 Å². The van der Waals surface area contributed by atoms with Crippen LogP contribution in [-0.4, -0.2) is 30.0 Å². The van der Waals surface area contributed by atoms with Crippen molar-refractivity contribution in [1.29, 1.82) is 0 Å². The number of thiazole rings is 1. The number of rotatable bonds is 8. The molecule has 1 N–H and O–H groups in total. The number of nitrogens with one attached hydrogen (secondary N) is 1. The Morgan fingerprint density at radius 2 is 2.00 bits per heavy atom. The minimum atomic E-state index is -0.0767. The van der Waals surface area contributed by atoms with Crippen LogP contribution in [0.2, 0.25) is 5.02 Å². The van der Waals surface area contributed by atoms with Gasteiger partial charge in [0, 0.05) is 37.2 Å². The van der Waals surface area contributed by atoms with E-state index in [1.54, 1.807) is 18.3 Å². The van der Waals surface area contributed by atoms with Crippen molar-refractivity contribution in [2.75, 3.05) is 19.0 Å². The third kappa shape index (κ3) is 5.94. The Kier molecular flexibility index (Phi) is 6.84. The average molecular weight is 417 g/mol. The van der Waals surface area contributed by atoms with Crippen LogP contribution in [0.4, 0.5) is 5.82 Å². The van der Waals surface area contributed by atoms with Gasteiger partial charge < -0.3 is 15.0 Å². The standard InChI is InChI=1S/C20H21ClN4O2S/c1-25(2)18-8-3-14(10-22-18)11-23-19(26)9-16-13-28-20(24-16)12-27-17-6-4-15(21)5-7-17/h3-8,10,13H,9,11-12H2,1-2H3,(H,23,26). The Morgan fingerprint density at radius 1 is 1.21 bits per heavy atom. The molecule has 0 aliphatic rings. The summed E-state index contributed by atoms with van der Waals surface area (Å²) in [6.45, 7) is 0.800. The first kappa shape index (κ1) is 20.1. The van der Waals surface area contributed by atoms with E-state index in [1.165, 1.54) is 11.3 Å². The molecule has 0 aliphatic heterocycles. The predicted octanol–water partition coefficient (Wildman–Crippen LogP) is 3.70. The number of ether oxygens (including phenoxy) is 1. The predicted molar refractivity (Wildman–Crippen MR) is 112 cm³/mol. The molecule has 146 valence electrons. The second kappa shape index (κ2) is 9.52. The quantitative estimate of drug-likeness (QED) is 0.606. The minimum absolute atomic E-state index is 0.0767. The monoisotopic (exact) mass is 416 g/mol. The van der Waals surface area contributed by atoms with Gasteiger partial charge in [-0.1, -0.05) is 17.7 Å². The maximum absolute atomic E-state index is 12.2. The molecule has 0 radical (unpaired) electrons. The molecular formula is C20H21ClN4O2S. The van der Waals surface area contributed by atoms with Crippen LogP contribution in [0.25, 0.3) is 0 Å². The Morgan fingerprint density at radius 3 is 2.68 bits per heavy atom. The third-order valence-electron chi connectivity index (χ3n) is 3.87. The molecule has 0 saturated heterocycles. The summed E-state index contributed by atoms with van der Waals surface area (Å²) in [6, 6.07) is 11.1. The maximum Gasteiger partial charge on any atom is 0.226 e. The number of amides is 1. The van der Waals surface area contributed by atoms with Gasteiger partial charge in [-0.15, -0.1) is 11.3 Å². The largest absolute Gasteiger partial charge is 0.486 e. The Balaban J connectivity index is 1.44. The summed E-state index contributed by atoms with van der Waals surface area (Å²) < 4.78 is 5.68. The fourth-order valence-corrected chi connectivity index (χ4v) is 3.22. The lowest BCUT2D eigenvalue weighted by atomic mass is 10.2. The fourth-order valence-electron chi connectivity index (χ4n) is 2.39. The molecule has 1 amide bonds. The lowest BCUT2D eigenvalue weighted by molar-refractivity contribution is -0.120. The molecule has 0 spiro atoms. The number of hydrogen-bond acceptors (Lipinski definition) is 6. The first-order chi connectivity index (χ1) is 13.5. The SMILES string of the molecule is CN(C)c1ccc(CNC(=O)Cc2csc(COc3ccc(Cl)cc3)n2)cn1. The van der Waals surface area contributed by atoms with Crippen LogP contribution in [0.15, 0.2) is 48.0 Å². The normalized spacial score (nSPS) is 10.5. The Hall–Kier alpha value is -2.64. The highest BCUT2D eigenvalue weighted by molar-refractivity contribution is 7.09. The highest BCUT2D eigenvalue weighted by Crippen LogP contribution is 2.18. The first-order valence-corrected chi connectivity index (χ1v) is 9.96. The van der Waals surface area contributed by atoms with E-state index in [0.29, 0.717) is 18.2 Å². The maximum atomic E-state index is 12.2. The second-order valence-corrected chi connectivity index (χ2v) is 7.73. The number of anilines is 1. The smallest absolute Gasteiger partial charge is 0.226 e. The zero-order chi connectivity index (χ0) is 19.9. The van der Waals surface area contributed by atoms with E-state index in [-0.39, 0.29) is 12.3 Å². The van der Waals surface area contributed by atoms with Gasteiger partial charge in [0.15, 0.2) is 0 Å². The van der Waals surface area contributed by atoms with Gasteiger partial charge in [0.05, 0.1) is 12.1 Å². The zero-order valence-electron chi connectivity index (χ0n) is 15.7. The van der Waals surface area contributed by atoms with Crippen LogP contribution in [0.1, 0.15) is 16.3 Å². The van der Waals surface area contributed by atoms with Crippen LogP contribution in [0, 0.1) is 0 Å². The van der Waals surface area contributed by atoms with Crippen molar-refractivity contribution in [2.45, 2.75) is 19.6 Å². The van der Waals surface area contributed by atoms with E-state index in [4.69, 9.17) is 16.3 Å². The van der Waals surface area contributed by atoms with E-state index in [0.717, 1.165) is 27.8 Å². The molecule has 6 nitrogen and oxygen atoms in total. The summed E-state index contributed by atoms with van der Waals surface area (Å²) in [5.41, 5.74) is 1.69. The van der Waals surface area contributed by atoms with Crippen LogP contribution in [-0.2, 0) is 24.4 Å². The molecule has 0 unspecified atom stereocenters. The number of carbonyl (C=O) groups is 1. The molecule has 2 heterocycles. The van der Waals surface area contributed by atoms with Crippen molar-refractivity contribution in [2.24, 2.45) is 0 Å². The number of halogens is 1.